The molecule has 11 nitrogen and oxygen atoms in total. The van der Waals surface area contributed by atoms with Gasteiger partial charge in [-0.15, -0.1) is 0 Å². The number of nitro benzene ring substituents is 1. The maximum atomic E-state index is 12.5. The number of benzene rings is 2. The minimum atomic E-state index is -4.09. The van der Waals surface area contributed by atoms with Gasteiger partial charge in [-0.25, -0.2) is 8.42 Å². The summed E-state index contributed by atoms with van der Waals surface area (Å²) in [6.45, 7) is 1.50. The molecule has 12 heteroatoms. The average molecular weight is 444 g/mol. The zero-order valence-electron chi connectivity index (χ0n) is 16.0. The summed E-state index contributed by atoms with van der Waals surface area (Å²) < 4.78 is 32.2. The molecule has 0 unspecified atom stereocenters. The van der Waals surface area contributed by atoms with Gasteiger partial charge in [0.1, 0.15) is 0 Å². The highest BCUT2D eigenvalue weighted by molar-refractivity contribution is 7.92. The number of sulfonamides is 1. The van der Waals surface area contributed by atoms with Crippen molar-refractivity contribution in [1.82, 2.24) is 10.9 Å². The highest BCUT2D eigenvalue weighted by Crippen LogP contribution is 2.24. The number of nitrogens with one attached hydrogen (secondary N) is 3. The molecule has 0 aliphatic rings. The van der Waals surface area contributed by atoms with Crippen molar-refractivity contribution in [2.75, 3.05) is 4.72 Å². The first-order chi connectivity index (χ1) is 14.7. The van der Waals surface area contributed by atoms with Crippen molar-refractivity contribution in [2.24, 2.45) is 0 Å². The van der Waals surface area contributed by atoms with Crippen molar-refractivity contribution in [2.45, 2.75) is 11.8 Å². The summed E-state index contributed by atoms with van der Waals surface area (Å²) in [7, 11) is -4.09. The third-order valence-corrected chi connectivity index (χ3v) is 5.50. The molecular weight excluding hydrogens is 428 g/mol. The van der Waals surface area contributed by atoms with E-state index in [0.717, 1.165) is 6.07 Å². The molecule has 0 aliphatic heterocycles. The molecule has 0 radical (unpaired) electrons. The van der Waals surface area contributed by atoms with Crippen LogP contribution in [0.25, 0.3) is 0 Å². The molecule has 1 aromatic heterocycles. The normalized spacial score (nSPS) is 10.9. The van der Waals surface area contributed by atoms with E-state index in [2.05, 4.69) is 15.6 Å². The van der Waals surface area contributed by atoms with Crippen molar-refractivity contribution >= 4 is 33.2 Å². The van der Waals surface area contributed by atoms with Crippen LogP contribution in [-0.4, -0.2) is 25.2 Å². The lowest BCUT2D eigenvalue weighted by molar-refractivity contribution is -0.385. The van der Waals surface area contributed by atoms with Crippen molar-refractivity contribution in [3.63, 3.8) is 0 Å². The first-order valence-corrected chi connectivity index (χ1v) is 10.2. The van der Waals surface area contributed by atoms with Gasteiger partial charge in [0.05, 0.1) is 16.1 Å². The molecule has 1 heterocycles. The molecule has 2 amide bonds. The fourth-order valence-electron chi connectivity index (χ4n) is 2.51. The number of carbonyl (C=O) groups excluding carboxylic acids is 2. The molecule has 0 saturated carbocycles. The Kier molecular flexibility index (Phi) is 6.02. The highest BCUT2D eigenvalue weighted by Gasteiger charge is 2.20. The van der Waals surface area contributed by atoms with Gasteiger partial charge in [0.15, 0.2) is 5.76 Å². The number of nitrogens with zero attached hydrogens (tertiary/aromatic N) is 1. The molecule has 3 aromatic rings. The van der Waals surface area contributed by atoms with Crippen LogP contribution in [-0.2, 0) is 10.0 Å². The Morgan fingerprint density at radius 2 is 1.68 bits per heavy atom. The average Bonchev–Trinajstić information content (AvgIpc) is 3.27. The Morgan fingerprint density at radius 3 is 2.29 bits per heavy atom. The van der Waals surface area contributed by atoms with E-state index >= 15 is 0 Å². The Hall–Kier alpha value is -4.19. The second kappa shape index (κ2) is 8.67. The van der Waals surface area contributed by atoms with E-state index in [-0.39, 0.29) is 27.6 Å². The van der Waals surface area contributed by atoms with Crippen LogP contribution in [0.3, 0.4) is 0 Å². The molecule has 160 valence electrons. The van der Waals surface area contributed by atoms with Crippen molar-refractivity contribution in [3.8, 4) is 0 Å². The summed E-state index contributed by atoms with van der Waals surface area (Å²) in [5.41, 5.74) is 4.68. The van der Waals surface area contributed by atoms with Crippen LogP contribution >= 0.6 is 0 Å². The van der Waals surface area contributed by atoms with E-state index in [1.807, 2.05) is 0 Å². The lowest BCUT2D eigenvalue weighted by Gasteiger charge is -2.10. The summed E-state index contributed by atoms with van der Waals surface area (Å²) >= 11 is 0. The van der Waals surface area contributed by atoms with Gasteiger partial charge in [0, 0.05) is 22.9 Å². The molecule has 31 heavy (non-hydrogen) atoms. The first-order valence-electron chi connectivity index (χ1n) is 8.69. The van der Waals surface area contributed by atoms with E-state index in [4.69, 9.17) is 4.42 Å². The number of hydrogen-bond donors (Lipinski definition) is 3. The van der Waals surface area contributed by atoms with Gasteiger partial charge in [-0.2, -0.15) is 0 Å². The number of amides is 2. The number of rotatable bonds is 6. The molecule has 3 rings (SSSR count). The Morgan fingerprint density at radius 1 is 1.00 bits per heavy atom. The number of nitro groups is 1. The SMILES string of the molecule is Cc1ccc(S(=O)(=O)Nc2ccc(C(=O)NNC(=O)c3ccco3)cc2)cc1[N+](=O)[O-]. The fourth-order valence-corrected chi connectivity index (χ4v) is 3.59. The second-order valence-electron chi connectivity index (χ2n) is 6.27. The van der Waals surface area contributed by atoms with Crippen molar-refractivity contribution in [1.29, 1.82) is 0 Å². The quantitative estimate of drug-likeness (QED) is 0.388. The molecule has 0 fully saturated rings. The van der Waals surface area contributed by atoms with E-state index in [9.17, 15) is 28.1 Å². The van der Waals surface area contributed by atoms with Crippen LogP contribution in [0.2, 0.25) is 0 Å². The minimum absolute atomic E-state index is 0.0152. The minimum Gasteiger partial charge on any atom is -0.459 e. The molecule has 3 N–H and O–H groups in total. The third-order valence-electron chi connectivity index (χ3n) is 4.12. The highest BCUT2D eigenvalue weighted by atomic mass is 32.2. The molecule has 0 saturated heterocycles. The summed E-state index contributed by atoms with van der Waals surface area (Å²) in [5.74, 6) is -1.26. The van der Waals surface area contributed by atoms with Gasteiger partial charge in [-0.05, 0) is 49.4 Å². The van der Waals surface area contributed by atoms with Gasteiger partial charge >= 0.3 is 5.91 Å². The standard InChI is InChI=1S/C19H16N4O7S/c1-12-4-9-15(11-16(12)23(26)27)31(28,29)22-14-7-5-13(6-8-14)18(24)20-21-19(25)17-3-2-10-30-17/h2-11,22H,1H3,(H,20,24)(H,21,25). The van der Waals surface area contributed by atoms with Crippen LogP contribution in [0.1, 0.15) is 26.5 Å². The zero-order valence-corrected chi connectivity index (χ0v) is 16.8. The molecule has 2 aromatic carbocycles. The fraction of sp³-hybridized carbons (Fsp3) is 0.0526. The van der Waals surface area contributed by atoms with Crippen LogP contribution in [0, 0.1) is 17.0 Å². The van der Waals surface area contributed by atoms with Crippen LogP contribution in [0.4, 0.5) is 11.4 Å². The van der Waals surface area contributed by atoms with Gasteiger partial charge in [0.2, 0.25) is 0 Å². The smallest absolute Gasteiger partial charge is 0.305 e. The first kappa shape index (κ1) is 21.5. The van der Waals surface area contributed by atoms with Gasteiger partial charge in [0.25, 0.3) is 21.6 Å². The topological polar surface area (TPSA) is 161 Å². The molecule has 0 atom stereocenters. The molecule has 0 aliphatic carbocycles. The molecular formula is C19H16N4O7S. The molecule has 0 bridgehead atoms. The number of anilines is 1. The van der Waals surface area contributed by atoms with Gasteiger partial charge < -0.3 is 4.42 Å². The van der Waals surface area contributed by atoms with Crippen molar-refractivity contribution < 1.29 is 27.3 Å². The summed E-state index contributed by atoms with van der Waals surface area (Å²) in [6.07, 6.45) is 1.31. The number of aryl methyl sites for hydroxylation is 1. The number of furan rings is 1. The summed E-state index contributed by atoms with van der Waals surface area (Å²) in [5, 5.41) is 11.0. The summed E-state index contributed by atoms with van der Waals surface area (Å²) in [6, 6.07) is 11.9. The lowest BCUT2D eigenvalue weighted by atomic mass is 10.2. The molecule has 0 spiro atoms. The number of hydrazine groups is 1. The largest absolute Gasteiger partial charge is 0.459 e. The maximum absolute atomic E-state index is 12.5. The summed E-state index contributed by atoms with van der Waals surface area (Å²) in [4.78, 5) is 34.0. The van der Waals surface area contributed by atoms with Crippen LogP contribution < -0.4 is 15.6 Å². The monoisotopic (exact) mass is 444 g/mol. The lowest BCUT2D eigenvalue weighted by Crippen LogP contribution is -2.41. The maximum Gasteiger partial charge on any atom is 0.305 e. The predicted octanol–water partition coefficient (Wildman–Crippen LogP) is 2.37. The van der Waals surface area contributed by atoms with Crippen molar-refractivity contribution in [3.05, 3.63) is 87.9 Å². The Bertz CT molecular complexity index is 1240. The van der Waals surface area contributed by atoms with E-state index in [0.29, 0.717) is 5.56 Å². The van der Waals surface area contributed by atoms with Gasteiger partial charge in [-0.1, -0.05) is 6.07 Å². The number of carbonyl (C=O) groups is 2. The van der Waals surface area contributed by atoms with E-state index < -0.39 is 26.8 Å². The van der Waals surface area contributed by atoms with E-state index in [1.165, 1.54) is 61.7 Å². The van der Waals surface area contributed by atoms with E-state index in [1.54, 1.807) is 0 Å². The van der Waals surface area contributed by atoms with Gasteiger partial charge in [-0.3, -0.25) is 35.3 Å². The predicted molar refractivity (Wildman–Crippen MR) is 109 cm³/mol. The second-order valence-corrected chi connectivity index (χ2v) is 7.96. The Balaban J connectivity index is 1.67. The van der Waals surface area contributed by atoms with Crippen LogP contribution in [0.15, 0.2) is 70.2 Å². The third kappa shape index (κ3) is 5.05. The Labute approximate surface area is 176 Å². The number of hydrogen-bond acceptors (Lipinski definition) is 7. The zero-order chi connectivity index (χ0) is 22.6. The van der Waals surface area contributed by atoms with Crippen LogP contribution in [0.5, 0.6) is 0 Å².